The SMILES string of the molecule is N#CC1=C(N)n2c(=O)c3ccccc3c(=O)n2C1c1cc2cc([N+](=O)[O-])ccc2[nH]1. The van der Waals surface area contributed by atoms with Crippen molar-refractivity contribution in [2.24, 2.45) is 5.73 Å². The maximum absolute atomic E-state index is 13.2. The van der Waals surface area contributed by atoms with Gasteiger partial charge >= 0.3 is 0 Å². The van der Waals surface area contributed by atoms with Gasteiger partial charge in [-0.3, -0.25) is 19.7 Å². The third-order valence-corrected chi connectivity index (χ3v) is 5.28. The first kappa shape index (κ1) is 17.4. The van der Waals surface area contributed by atoms with Crippen molar-refractivity contribution in [1.29, 1.82) is 5.26 Å². The van der Waals surface area contributed by atoms with E-state index in [9.17, 15) is 25.0 Å². The molecule has 10 heteroatoms. The van der Waals surface area contributed by atoms with E-state index in [1.54, 1.807) is 30.3 Å². The van der Waals surface area contributed by atoms with Crippen molar-refractivity contribution < 1.29 is 4.92 Å². The zero-order valence-corrected chi connectivity index (χ0v) is 15.2. The molecule has 1 unspecified atom stereocenters. The van der Waals surface area contributed by atoms with E-state index >= 15 is 0 Å². The van der Waals surface area contributed by atoms with Crippen LogP contribution in [0.2, 0.25) is 0 Å². The molecular formula is C20H12N6O4. The molecule has 0 bridgehead atoms. The predicted octanol–water partition coefficient (Wildman–Crippen LogP) is 1.81. The van der Waals surface area contributed by atoms with E-state index in [4.69, 9.17) is 5.73 Å². The Bertz CT molecular complexity index is 1600. The number of nitrogens with two attached hydrogens (primary N) is 1. The fraction of sp³-hybridized carbons (Fsp3) is 0.0500. The van der Waals surface area contributed by atoms with E-state index in [0.29, 0.717) is 16.6 Å². The highest BCUT2D eigenvalue weighted by Gasteiger charge is 2.35. The van der Waals surface area contributed by atoms with E-state index < -0.39 is 22.1 Å². The minimum Gasteiger partial charge on any atom is -0.383 e. The lowest BCUT2D eigenvalue weighted by Crippen LogP contribution is -2.38. The summed E-state index contributed by atoms with van der Waals surface area (Å²) >= 11 is 0. The number of nitrogens with one attached hydrogen (secondary N) is 1. The fourth-order valence-corrected chi connectivity index (χ4v) is 3.93. The van der Waals surface area contributed by atoms with E-state index in [1.807, 2.05) is 6.07 Å². The van der Waals surface area contributed by atoms with Crippen molar-refractivity contribution in [1.82, 2.24) is 14.3 Å². The van der Waals surface area contributed by atoms with E-state index in [-0.39, 0.29) is 27.9 Å². The summed E-state index contributed by atoms with van der Waals surface area (Å²) in [6, 6.07) is 13.3. The number of allylic oxidation sites excluding steroid dienone is 1. The van der Waals surface area contributed by atoms with Crippen LogP contribution in [0.1, 0.15) is 11.7 Å². The first-order valence-corrected chi connectivity index (χ1v) is 8.86. The lowest BCUT2D eigenvalue weighted by Gasteiger charge is -2.15. The molecule has 0 radical (unpaired) electrons. The molecule has 10 nitrogen and oxygen atoms in total. The number of hydrogen-bond donors (Lipinski definition) is 2. The molecule has 4 aromatic rings. The van der Waals surface area contributed by atoms with Crippen LogP contribution in [-0.2, 0) is 0 Å². The van der Waals surface area contributed by atoms with Gasteiger partial charge in [-0.25, -0.2) is 4.68 Å². The second-order valence-electron chi connectivity index (χ2n) is 6.88. The maximum atomic E-state index is 13.2. The third kappa shape index (κ3) is 2.17. The summed E-state index contributed by atoms with van der Waals surface area (Å²) in [6.45, 7) is 0. The summed E-state index contributed by atoms with van der Waals surface area (Å²) in [4.78, 5) is 39.9. The molecule has 0 saturated carbocycles. The molecule has 0 aliphatic carbocycles. The van der Waals surface area contributed by atoms with Crippen LogP contribution in [-0.4, -0.2) is 19.3 Å². The molecule has 0 fully saturated rings. The summed E-state index contributed by atoms with van der Waals surface area (Å²) in [6.07, 6.45) is 0. The molecule has 146 valence electrons. The van der Waals surface area contributed by atoms with E-state index in [1.165, 1.54) is 18.2 Å². The molecule has 5 rings (SSSR count). The van der Waals surface area contributed by atoms with Gasteiger partial charge in [-0.2, -0.15) is 9.94 Å². The van der Waals surface area contributed by atoms with Gasteiger partial charge in [-0.1, -0.05) is 12.1 Å². The molecule has 3 heterocycles. The van der Waals surface area contributed by atoms with Crippen LogP contribution < -0.4 is 16.9 Å². The molecule has 1 aliphatic rings. The van der Waals surface area contributed by atoms with Crippen LogP contribution in [0, 0.1) is 21.4 Å². The molecule has 1 atom stereocenters. The van der Waals surface area contributed by atoms with Crippen LogP contribution in [0.4, 0.5) is 5.69 Å². The number of H-pyrrole nitrogens is 1. The minimum absolute atomic E-state index is 0.0329. The van der Waals surface area contributed by atoms with Gasteiger partial charge in [0.1, 0.15) is 23.5 Å². The van der Waals surface area contributed by atoms with Crippen molar-refractivity contribution in [3.8, 4) is 6.07 Å². The quantitative estimate of drug-likeness (QED) is 0.386. The number of fused-ring (bicyclic) bond motifs is 3. The maximum Gasteiger partial charge on any atom is 0.279 e. The Kier molecular flexibility index (Phi) is 3.44. The standard InChI is InChI=1S/C20H12N6O4/c21-9-14-17(16-8-10-7-11(26(29)30)5-6-15(10)23-16)24-19(27)12-3-1-2-4-13(12)20(28)25(24)18(14)22/h1-8,17,23H,22H2. The largest absolute Gasteiger partial charge is 0.383 e. The van der Waals surface area contributed by atoms with E-state index in [0.717, 1.165) is 9.36 Å². The highest BCUT2D eigenvalue weighted by atomic mass is 16.6. The number of hydrogen-bond acceptors (Lipinski definition) is 6. The van der Waals surface area contributed by atoms with Crippen molar-refractivity contribution >= 4 is 33.2 Å². The van der Waals surface area contributed by atoms with Gasteiger partial charge in [0.15, 0.2) is 0 Å². The Morgan fingerprint density at radius 3 is 2.47 bits per heavy atom. The van der Waals surface area contributed by atoms with Gasteiger partial charge in [0.25, 0.3) is 16.8 Å². The van der Waals surface area contributed by atoms with Gasteiger partial charge in [-0.15, -0.1) is 0 Å². The monoisotopic (exact) mass is 400 g/mol. The van der Waals surface area contributed by atoms with Gasteiger partial charge in [0, 0.05) is 28.7 Å². The van der Waals surface area contributed by atoms with Crippen molar-refractivity contribution in [2.75, 3.05) is 0 Å². The molecule has 0 saturated heterocycles. The second kappa shape index (κ2) is 5.92. The fourth-order valence-electron chi connectivity index (χ4n) is 3.93. The van der Waals surface area contributed by atoms with Crippen LogP contribution in [0.25, 0.3) is 27.5 Å². The Morgan fingerprint density at radius 1 is 1.10 bits per heavy atom. The molecule has 0 amide bonds. The summed E-state index contributed by atoms with van der Waals surface area (Å²) in [7, 11) is 0. The third-order valence-electron chi connectivity index (χ3n) is 5.28. The average molecular weight is 400 g/mol. The smallest absolute Gasteiger partial charge is 0.279 e. The number of nitriles is 1. The Hall–Kier alpha value is -4.65. The zero-order valence-electron chi connectivity index (χ0n) is 15.2. The van der Waals surface area contributed by atoms with Crippen molar-refractivity contribution in [3.05, 3.63) is 90.6 Å². The van der Waals surface area contributed by atoms with Gasteiger partial charge in [0.2, 0.25) is 0 Å². The van der Waals surface area contributed by atoms with E-state index in [2.05, 4.69) is 4.98 Å². The molecule has 3 N–H and O–H groups in total. The second-order valence-corrected chi connectivity index (χ2v) is 6.88. The lowest BCUT2D eigenvalue weighted by molar-refractivity contribution is -0.384. The average Bonchev–Trinajstić information content (AvgIpc) is 3.29. The summed E-state index contributed by atoms with van der Waals surface area (Å²) in [5, 5.41) is 21.7. The number of aromatic nitrogens is 3. The number of nitro benzene ring substituents is 1. The number of non-ortho nitro benzene ring substituents is 1. The van der Waals surface area contributed by atoms with Gasteiger partial charge in [-0.05, 0) is 24.3 Å². The number of aromatic amines is 1. The summed E-state index contributed by atoms with van der Waals surface area (Å²) < 4.78 is 2.17. The lowest BCUT2D eigenvalue weighted by atomic mass is 10.1. The Morgan fingerprint density at radius 2 is 1.80 bits per heavy atom. The molecule has 0 spiro atoms. The molecule has 1 aliphatic heterocycles. The first-order chi connectivity index (χ1) is 14.4. The zero-order chi connectivity index (χ0) is 21.2. The summed E-state index contributed by atoms with van der Waals surface area (Å²) in [5.41, 5.74) is 6.06. The highest BCUT2D eigenvalue weighted by Crippen LogP contribution is 2.34. The number of rotatable bonds is 2. The normalized spacial score (nSPS) is 15.5. The minimum atomic E-state index is -0.966. The first-order valence-electron chi connectivity index (χ1n) is 8.86. The molecular weight excluding hydrogens is 388 g/mol. The molecule has 2 aromatic heterocycles. The van der Waals surface area contributed by atoms with Crippen LogP contribution in [0.5, 0.6) is 0 Å². The predicted molar refractivity (Wildman–Crippen MR) is 109 cm³/mol. The van der Waals surface area contributed by atoms with Crippen molar-refractivity contribution in [3.63, 3.8) is 0 Å². The number of benzene rings is 2. The van der Waals surface area contributed by atoms with Crippen LogP contribution >= 0.6 is 0 Å². The highest BCUT2D eigenvalue weighted by molar-refractivity contribution is 5.84. The van der Waals surface area contributed by atoms with Gasteiger partial charge < -0.3 is 10.7 Å². The van der Waals surface area contributed by atoms with Crippen LogP contribution in [0.15, 0.2) is 63.7 Å². The molecule has 30 heavy (non-hydrogen) atoms. The number of nitrogens with zero attached hydrogens (tertiary/aromatic N) is 4. The molecule has 2 aromatic carbocycles. The van der Waals surface area contributed by atoms with Crippen LogP contribution in [0.3, 0.4) is 0 Å². The Balaban J connectivity index is 1.84. The topological polar surface area (TPSA) is 153 Å². The van der Waals surface area contributed by atoms with Crippen molar-refractivity contribution in [2.45, 2.75) is 6.04 Å². The number of nitro groups is 1. The summed E-state index contributed by atoms with van der Waals surface area (Å²) in [5.74, 6) is -0.125. The Labute approximate surface area is 166 Å². The van der Waals surface area contributed by atoms with Gasteiger partial charge in [0.05, 0.1) is 15.7 Å².